The van der Waals surface area contributed by atoms with Gasteiger partial charge in [0.2, 0.25) is 76.8 Å². The van der Waals surface area contributed by atoms with Crippen LogP contribution in [0.4, 0.5) is 0 Å². The summed E-state index contributed by atoms with van der Waals surface area (Å²) in [6.07, 6.45) is -2.77. The quantitative estimate of drug-likeness (QED) is 0.0214. The van der Waals surface area contributed by atoms with E-state index in [1.807, 2.05) is 16.0 Å². The number of primary amides is 2. The number of carbonyl (C=O) groups is 14. The van der Waals surface area contributed by atoms with Gasteiger partial charge in [-0.05, 0) is 57.6 Å². The first-order valence-corrected chi connectivity index (χ1v) is 28.3. The summed E-state index contributed by atoms with van der Waals surface area (Å²) in [5.41, 5.74) is 22.3. The van der Waals surface area contributed by atoms with Crippen molar-refractivity contribution < 1.29 is 102 Å². The van der Waals surface area contributed by atoms with Gasteiger partial charge in [-0.3, -0.25) is 71.7 Å². The molecule has 0 aliphatic heterocycles. The van der Waals surface area contributed by atoms with Crippen molar-refractivity contribution in [1.29, 1.82) is 0 Å². The molecule has 0 spiro atoms. The molecule has 36 nitrogen and oxygen atoms in total. The third kappa shape index (κ3) is 28.6. The summed E-state index contributed by atoms with van der Waals surface area (Å²) in [5.74, 6) is -19.6. The molecule has 0 fully saturated rings. The summed E-state index contributed by atoms with van der Waals surface area (Å²) in [6.45, 7) is 1.63. The standard InChI is InChI=1S/C49H80N15O21P/c1-23(2)39(49(82)62-29(16-26-10-6-5-7-11-26)44(77)63-33(22-66)48(81)58-27(40(53)73)12-8-9-15-50)64-46(79)30(17-34(52)67)60-45(78)31(18-38(72)86(83,84)85)61-47(80)32(21-65)57-36(69)20-54-35(68)19-55-43(76)28(13-14-37(70)71)59-42(75)25(4)56-41(74)24(3)51/h5-7,10-11,23-25,27-33,38-39,65-66,72H,8-9,12-22,50-51H2,1-4H3,(H2,52,67)(H2,53,73)(H,54,68)(H,55,76)(H,56,74)(H,57,69)(H,58,81)(H,59,75)(H,60,78)(H,61,80)(H,62,82)(H,63,77)(H,64,79)(H,70,71)(H2,83,84,85)/t24-,25-,27-,28-,29-,30-,31-,32-,33-,38-,39-/m0/s1. The molecule has 1 rings (SSSR count). The van der Waals surface area contributed by atoms with Crippen molar-refractivity contribution in [2.75, 3.05) is 32.8 Å². The molecule has 0 saturated heterocycles. The molecule has 1 aromatic rings. The van der Waals surface area contributed by atoms with E-state index in [9.17, 15) is 96.8 Å². The first-order valence-electron chi connectivity index (χ1n) is 26.7. The second-order valence-electron chi connectivity index (χ2n) is 19.9. The molecule has 0 aromatic heterocycles. The fourth-order valence-electron chi connectivity index (χ4n) is 7.38. The van der Waals surface area contributed by atoms with Crippen LogP contribution in [0.3, 0.4) is 0 Å². The van der Waals surface area contributed by atoms with Crippen LogP contribution in [0, 0.1) is 5.92 Å². The van der Waals surface area contributed by atoms with Crippen molar-refractivity contribution in [3.05, 3.63) is 35.9 Å². The molecule has 0 saturated carbocycles. The van der Waals surface area contributed by atoms with Gasteiger partial charge in [-0.15, -0.1) is 0 Å². The number of hydrogen-bond donors (Lipinski definition) is 21. The van der Waals surface area contributed by atoms with Crippen LogP contribution in [0.15, 0.2) is 30.3 Å². The van der Waals surface area contributed by atoms with E-state index in [-0.39, 0.29) is 19.4 Å². The van der Waals surface area contributed by atoms with Crippen molar-refractivity contribution in [2.24, 2.45) is 28.9 Å². The van der Waals surface area contributed by atoms with Crippen LogP contribution in [0.25, 0.3) is 0 Å². The predicted molar refractivity (Wildman–Crippen MR) is 297 cm³/mol. The fourth-order valence-corrected chi connectivity index (χ4v) is 7.86. The van der Waals surface area contributed by atoms with Gasteiger partial charge in [0.1, 0.15) is 54.4 Å². The summed E-state index contributed by atoms with van der Waals surface area (Å²) >= 11 is 0. The molecule has 482 valence electrons. The molecular weight excluding hydrogens is 1170 g/mol. The number of hydrogen-bond acceptors (Lipinski definition) is 20. The number of carboxylic acid groups (broad SMARTS) is 1. The van der Waals surface area contributed by atoms with E-state index < -0.39 is 215 Å². The molecule has 0 unspecified atom stereocenters. The minimum Gasteiger partial charge on any atom is -0.481 e. The average molecular weight is 1250 g/mol. The van der Waals surface area contributed by atoms with Crippen LogP contribution in [0.2, 0.25) is 0 Å². The van der Waals surface area contributed by atoms with Gasteiger partial charge in [0, 0.05) is 19.3 Å². The van der Waals surface area contributed by atoms with Crippen LogP contribution in [0.1, 0.15) is 78.2 Å². The number of aliphatic hydroxyl groups excluding tert-OH is 3. The lowest BCUT2D eigenvalue weighted by Gasteiger charge is -2.29. The van der Waals surface area contributed by atoms with Crippen molar-refractivity contribution in [3.8, 4) is 0 Å². The fraction of sp³-hybridized carbons (Fsp3) is 0.592. The zero-order valence-corrected chi connectivity index (χ0v) is 48.5. The Morgan fingerprint density at radius 3 is 1.57 bits per heavy atom. The molecular formula is C49H80N15O21P. The third-order valence-electron chi connectivity index (χ3n) is 12.2. The van der Waals surface area contributed by atoms with Crippen molar-refractivity contribution >= 4 is 90.4 Å². The lowest BCUT2D eigenvalue weighted by Crippen LogP contribution is -2.62. The zero-order valence-electron chi connectivity index (χ0n) is 47.6. The van der Waals surface area contributed by atoms with Gasteiger partial charge >= 0.3 is 13.6 Å². The second kappa shape index (κ2) is 37.9. The number of nitrogens with one attached hydrogen (secondary N) is 11. The third-order valence-corrected chi connectivity index (χ3v) is 13.2. The molecule has 0 aliphatic rings. The molecule has 25 N–H and O–H groups in total. The van der Waals surface area contributed by atoms with Gasteiger partial charge in [-0.1, -0.05) is 44.2 Å². The first-order chi connectivity index (χ1) is 40.1. The number of nitrogens with two attached hydrogens (primary N) is 4. The molecule has 11 atom stereocenters. The normalized spacial score (nSPS) is 15.0. The Hall–Kier alpha value is -8.25. The predicted octanol–water partition coefficient (Wildman–Crippen LogP) is -9.93. The summed E-state index contributed by atoms with van der Waals surface area (Å²) in [6, 6.07) is -8.20. The monoisotopic (exact) mass is 1250 g/mol. The molecule has 86 heavy (non-hydrogen) atoms. The first kappa shape index (κ1) is 75.8. The number of unbranched alkanes of at least 4 members (excludes halogenated alkanes) is 1. The minimum atomic E-state index is -5.50. The second-order valence-corrected chi connectivity index (χ2v) is 21.7. The summed E-state index contributed by atoms with van der Waals surface area (Å²) in [5, 5.41) is 63.7. The largest absolute Gasteiger partial charge is 0.481 e. The highest BCUT2D eigenvalue weighted by molar-refractivity contribution is 7.52. The molecule has 0 heterocycles. The SMILES string of the molecule is CC(C)[C@H](NC(=O)[C@H](CC(N)=O)NC(=O)[C@H](C[C@@H](O)P(=O)(O)O)NC(=O)[C@H](CO)NC(=O)CNC(=O)CNC(=O)[C@H](CCC(=O)O)NC(=O)[C@H](C)NC(=O)[C@H](C)N)C(=O)N[C@@H](Cc1ccccc1)C(=O)N[C@@H](CO)C(=O)N[C@@H](CCCCN)C(N)=O. The van der Waals surface area contributed by atoms with Gasteiger partial charge in [0.05, 0.1) is 38.8 Å². The lowest BCUT2D eigenvalue weighted by molar-refractivity contribution is -0.138. The summed E-state index contributed by atoms with van der Waals surface area (Å²) < 4.78 is 12.0. The van der Waals surface area contributed by atoms with E-state index in [1.165, 1.54) is 27.7 Å². The maximum Gasteiger partial charge on any atom is 0.353 e. The topological polar surface area (TPSA) is 614 Å². The molecule has 0 bridgehead atoms. The summed E-state index contributed by atoms with van der Waals surface area (Å²) in [4.78, 5) is 200. The number of benzene rings is 1. The highest BCUT2D eigenvalue weighted by atomic mass is 31.2. The van der Waals surface area contributed by atoms with E-state index >= 15 is 0 Å². The highest BCUT2D eigenvalue weighted by Gasteiger charge is 2.38. The number of carboxylic acids is 1. The zero-order chi connectivity index (χ0) is 65.6. The average Bonchev–Trinajstić information content (AvgIpc) is 2.58. The Morgan fingerprint density at radius 2 is 1.05 bits per heavy atom. The van der Waals surface area contributed by atoms with Gasteiger partial charge in [0.15, 0.2) is 5.85 Å². The van der Waals surface area contributed by atoms with Crippen molar-refractivity contribution in [2.45, 2.75) is 145 Å². The smallest absolute Gasteiger partial charge is 0.353 e. The number of carbonyl (C=O) groups excluding carboxylic acids is 13. The molecule has 1 aromatic carbocycles. The van der Waals surface area contributed by atoms with Crippen LogP contribution in [0.5, 0.6) is 0 Å². The van der Waals surface area contributed by atoms with Gasteiger partial charge in [-0.25, -0.2) is 0 Å². The highest BCUT2D eigenvalue weighted by Crippen LogP contribution is 2.41. The van der Waals surface area contributed by atoms with Crippen LogP contribution < -0.4 is 81.4 Å². The van der Waals surface area contributed by atoms with E-state index in [1.54, 1.807) is 30.3 Å². The molecule has 0 aliphatic carbocycles. The molecule has 37 heteroatoms. The van der Waals surface area contributed by atoms with Gasteiger partial charge in [0.25, 0.3) is 0 Å². The molecule has 0 radical (unpaired) electrons. The summed E-state index contributed by atoms with van der Waals surface area (Å²) in [7, 11) is -5.50. The number of rotatable bonds is 40. The Balaban J connectivity index is 3.32. The Labute approximate surface area is 492 Å². The maximum absolute atomic E-state index is 14.1. The van der Waals surface area contributed by atoms with Crippen molar-refractivity contribution in [1.82, 2.24) is 58.5 Å². The molecule has 13 amide bonds. The Morgan fingerprint density at radius 1 is 0.547 bits per heavy atom. The van der Waals surface area contributed by atoms with E-state index in [0.29, 0.717) is 18.4 Å². The van der Waals surface area contributed by atoms with Crippen LogP contribution in [-0.2, 0) is 78.1 Å². The number of aliphatic hydroxyl groups is 3. The Kier molecular flexibility index (Phi) is 33.4. The van der Waals surface area contributed by atoms with Crippen molar-refractivity contribution in [3.63, 3.8) is 0 Å². The van der Waals surface area contributed by atoms with E-state index in [0.717, 1.165) is 0 Å². The van der Waals surface area contributed by atoms with Gasteiger partial charge < -0.3 is 112 Å². The number of aliphatic carboxylic acids is 1. The van der Waals surface area contributed by atoms with E-state index in [4.69, 9.17) is 28.0 Å². The van der Waals surface area contributed by atoms with E-state index in [2.05, 4.69) is 42.5 Å². The maximum atomic E-state index is 14.1. The van der Waals surface area contributed by atoms with Gasteiger partial charge in [-0.2, -0.15) is 0 Å². The Bertz CT molecular complexity index is 2590. The lowest BCUT2D eigenvalue weighted by atomic mass is 10.00. The van der Waals surface area contributed by atoms with Crippen LogP contribution in [-0.4, -0.2) is 212 Å². The minimum absolute atomic E-state index is 0.0890. The van der Waals surface area contributed by atoms with Crippen LogP contribution >= 0.6 is 7.60 Å². The number of amides is 13.